The van der Waals surface area contributed by atoms with Crippen molar-refractivity contribution < 1.29 is 17.9 Å². The fourth-order valence-corrected chi connectivity index (χ4v) is 4.46. The third kappa shape index (κ3) is 4.19. The van der Waals surface area contributed by atoms with Gasteiger partial charge in [-0.1, -0.05) is 19.9 Å². The molecule has 0 saturated carbocycles. The number of nitrogens with zero attached hydrogens (tertiary/aromatic N) is 1. The maximum Gasteiger partial charge on any atom is 0.244 e. The second kappa shape index (κ2) is 8.09. The molecule has 8 heteroatoms. The van der Waals surface area contributed by atoms with E-state index in [9.17, 15) is 8.42 Å². The molecule has 0 amide bonds. The normalized spacial score (nSPS) is 13.0. The number of nitrogens with one attached hydrogen (secondary N) is 2. The van der Waals surface area contributed by atoms with Crippen LogP contribution in [-0.4, -0.2) is 39.4 Å². The van der Waals surface area contributed by atoms with E-state index >= 15 is 0 Å². The van der Waals surface area contributed by atoms with Gasteiger partial charge in [-0.25, -0.2) is 13.1 Å². The van der Waals surface area contributed by atoms with Crippen LogP contribution < -0.4 is 14.2 Å². The SMILES string of the molecule is COc1ccc(C(CNS(=O)(=O)c2c(C)n[nH]c2C)C(C)C)cc1OC. The monoisotopic (exact) mass is 381 g/mol. The van der Waals surface area contributed by atoms with Gasteiger partial charge in [-0.05, 0) is 43.4 Å². The van der Waals surface area contributed by atoms with Crippen LogP contribution in [0.25, 0.3) is 0 Å². The summed E-state index contributed by atoms with van der Waals surface area (Å²) in [5.41, 5.74) is 1.98. The lowest BCUT2D eigenvalue weighted by Crippen LogP contribution is -2.31. The molecule has 7 nitrogen and oxygen atoms in total. The zero-order valence-corrected chi connectivity index (χ0v) is 16.9. The summed E-state index contributed by atoms with van der Waals surface area (Å²) in [6, 6.07) is 5.67. The van der Waals surface area contributed by atoms with Gasteiger partial charge in [0.2, 0.25) is 10.0 Å². The number of methoxy groups -OCH3 is 2. The zero-order valence-electron chi connectivity index (χ0n) is 16.1. The summed E-state index contributed by atoms with van der Waals surface area (Å²) >= 11 is 0. The number of rotatable bonds is 8. The van der Waals surface area contributed by atoms with Crippen molar-refractivity contribution in [2.24, 2.45) is 5.92 Å². The van der Waals surface area contributed by atoms with Crippen LogP contribution in [0.2, 0.25) is 0 Å². The zero-order chi connectivity index (χ0) is 19.5. The molecule has 0 saturated heterocycles. The number of H-pyrrole nitrogens is 1. The average molecular weight is 381 g/mol. The first-order valence-corrected chi connectivity index (χ1v) is 9.92. The van der Waals surface area contributed by atoms with Crippen molar-refractivity contribution in [1.29, 1.82) is 0 Å². The minimum Gasteiger partial charge on any atom is -0.493 e. The molecular weight excluding hydrogens is 354 g/mol. The van der Waals surface area contributed by atoms with E-state index in [2.05, 4.69) is 28.8 Å². The van der Waals surface area contributed by atoms with E-state index in [-0.39, 0.29) is 23.3 Å². The number of ether oxygens (including phenoxy) is 2. The third-order valence-electron chi connectivity index (χ3n) is 4.46. The molecule has 0 fully saturated rings. The second-order valence-electron chi connectivity index (χ2n) is 6.58. The van der Waals surface area contributed by atoms with Crippen molar-refractivity contribution in [3.05, 3.63) is 35.2 Å². The Labute approximate surface area is 155 Å². The van der Waals surface area contributed by atoms with Crippen molar-refractivity contribution in [2.45, 2.75) is 38.5 Å². The van der Waals surface area contributed by atoms with Crippen LogP contribution in [0.3, 0.4) is 0 Å². The van der Waals surface area contributed by atoms with E-state index in [1.165, 1.54) is 0 Å². The van der Waals surface area contributed by atoms with E-state index < -0.39 is 10.0 Å². The fraction of sp³-hybridized carbons (Fsp3) is 0.500. The van der Waals surface area contributed by atoms with E-state index in [0.717, 1.165) is 5.56 Å². The van der Waals surface area contributed by atoms with Gasteiger partial charge in [-0.15, -0.1) is 0 Å². The minimum atomic E-state index is -3.64. The Hall–Kier alpha value is -2.06. The molecule has 2 N–H and O–H groups in total. The summed E-state index contributed by atoms with van der Waals surface area (Å²) in [6.45, 7) is 7.77. The molecule has 1 unspecified atom stereocenters. The Morgan fingerprint density at radius 3 is 2.31 bits per heavy atom. The first-order valence-electron chi connectivity index (χ1n) is 8.44. The number of aryl methyl sites for hydroxylation is 2. The van der Waals surface area contributed by atoms with Gasteiger partial charge in [-0.2, -0.15) is 5.10 Å². The van der Waals surface area contributed by atoms with E-state index in [4.69, 9.17) is 9.47 Å². The molecule has 0 aliphatic rings. The van der Waals surface area contributed by atoms with Crippen molar-refractivity contribution in [1.82, 2.24) is 14.9 Å². The minimum absolute atomic E-state index is 0.0166. The van der Waals surface area contributed by atoms with Crippen LogP contribution in [0, 0.1) is 19.8 Å². The van der Waals surface area contributed by atoms with E-state index in [1.807, 2.05) is 18.2 Å². The predicted octanol–water partition coefficient (Wildman–Crippen LogP) is 2.76. The van der Waals surface area contributed by atoms with Gasteiger partial charge in [0, 0.05) is 6.54 Å². The molecule has 2 aromatic rings. The third-order valence-corrected chi connectivity index (χ3v) is 6.15. The van der Waals surface area contributed by atoms with Crippen LogP contribution in [0.1, 0.15) is 36.7 Å². The van der Waals surface area contributed by atoms with Crippen LogP contribution in [-0.2, 0) is 10.0 Å². The number of benzene rings is 1. The smallest absolute Gasteiger partial charge is 0.244 e. The molecule has 1 heterocycles. The highest BCUT2D eigenvalue weighted by molar-refractivity contribution is 7.89. The quantitative estimate of drug-likeness (QED) is 0.733. The molecule has 1 aromatic heterocycles. The van der Waals surface area contributed by atoms with Gasteiger partial charge < -0.3 is 9.47 Å². The Morgan fingerprint density at radius 2 is 1.81 bits per heavy atom. The molecule has 1 aromatic carbocycles. The molecular formula is C18H27N3O4S. The summed E-state index contributed by atoms with van der Waals surface area (Å²) in [6.07, 6.45) is 0. The Kier molecular flexibility index (Phi) is 6.30. The van der Waals surface area contributed by atoms with E-state index in [0.29, 0.717) is 22.9 Å². The number of sulfonamides is 1. The highest BCUT2D eigenvalue weighted by Crippen LogP contribution is 2.33. The molecule has 1 atom stereocenters. The molecule has 144 valence electrons. The Morgan fingerprint density at radius 1 is 1.15 bits per heavy atom. The van der Waals surface area contributed by atoms with Crippen molar-refractivity contribution in [2.75, 3.05) is 20.8 Å². The molecule has 0 aliphatic heterocycles. The Balaban J connectivity index is 2.27. The van der Waals surface area contributed by atoms with Crippen LogP contribution in [0.5, 0.6) is 11.5 Å². The molecule has 0 radical (unpaired) electrons. The maximum absolute atomic E-state index is 12.7. The standard InChI is InChI=1S/C18H27N3O4S/c1-11(2)15(14-7-8-16(24-5)17(9-14)25-6)10-19-26(22,23)18-12(3)20-21-13(18)4/h7-9,11,15,19H,10H2,1-6H3,(H,20,21). The maximum atomic E-state index is 12.7. The fourth-order valence-electron chi connectivity index (χ4n) is 3.03. The van der Waals surface area contributed by atoms with Gasteiger partial charge in [0.1, 0.15) is 4.90 Å². The first kappa shape index (κ1) is 20.3. The van der Waals surface area contributed by atoms with Crippen LogP contribution in [0.15, 0.2) is 23.1 Å². The summed E-state index contributed by atoms with van der Waals surface area (Å²) < 4.78 is 38.8. The summed E-state index contributed by atoms with van der Waals surface area (Å²) in [5, 5.41) is 6.68. The second-order valence-corrected chi connectivity index (χ2v) is 8.28. The number of aromatic amines is 1. The van der Waals surface area contributed by atoms with Gasteiger partial charge in [-0.3, -0.25) is 5.10 Å². The molecule has 0 spiro atoms. The molecule has 0 aliphatic carbocycles. The van der Waals surface area contributed by atoms with Crippen molar-refractivity contribution in [3.63, 3.8) is 0 Å². The summed E-state index contributed by atoms with van der Waals surface area (Å²) in [7, 11) is -0.476. The lowest BCUT2D eigenvalue weighted by molar-refractivity contribution is 0.353. The lowest BCUT2D eigenvalue weighted by atomic mass is 9.88. The number of aromatic nitrogens is 2. The van der Waals surface area contributed by atoms with E-state index in [1.54, 1.807) is 28.1 Å². The van der Waals surface area contributed by atoms with Gasteiger partial charge >= 0.3 is 0 Å². The molecule has 26 heavy (non-hydrogen) atoms. The highest BCUT2D eigenvalue weighted by Gasteiger charge is 2.25. The summed E-state index contributed by atoms with van der Waals surface area (Å²) in [5.74, 6) is 1.48. The highest BCUT2D eigenvalue weighted by atomic mass is 32.2. The van der Waals surface area contributed by atoms with Gasteiger partial charge in [0.05, 0.1) is 25.6 Å². The largest absolute Gasteiger partial charge is 0.493 e. The van der Waals surface area contributed by atoms with Gasteiger partial charge in [0.15, 0.2) is 11.5 Å². The number of hydrogen-bond acceptors (Lipinski definition) is 5. The topological polar surface area (TPSA) is 93.3 Å². The average Bonchev–Trinajstić information content (AvgIpc) is 2.93. The Bertz CT molecular complexity index is 840. The van der Waals surface area contributed by atoms with Crippen LogP contribution >= 0.6 is 0 Å². The van der Waals surface area contributed by atoms with Crippen molar-refractivity contribution >= 4 is 10.0 Å². The predicted molar refractivity (Wildman–Crippen MR) is 100 cm³/mol. The van der Waals surface area contributed by atoms with Crippen LogP contribution in [0.4, 0.5) is 0 Å². The molecule has 0 bridgehead atoms. The van der Waals surface area contributed by atoms with Gasteiger partial charge in [0.25, 0.3) is 0 Å². The summed E-state index contributed by atoms with van der Waals surface area (Å²) in [4.78, 5) is 0.215. The molecule has 2 rings (SSSR count). The van der Waals surface area contributed by atoms with Crippen molar-refractivity contribution in [3.8, 4) is 11.5 Å². The number of hydrogen-bond donors (Lipinski definition) is 2. The first-order chi connectivity index (χ1) is 12.2. The lowest BCUT2D eigenvalue weighted by Gasteiger charge is -2.23.